The largest absolute Gasteiger partial charge is 0.350 e. The maximum absolute atomic E-state index is 11.8. The van der Waals surface area contributed by atoms with E-state index in [1.807, 2.05) is 0 Å². The van der Waals surface area contributed by atoms with Crippen LogP contribution in [-0.2, 0) is 4.79 Å². The Bertz CT molecular complexity index is 267. The first kappa shape index (κ1) is 17.7. The normalized spacial score (nSPS) is 16.1. The van der Waals surface area contributed by atoms with Crippen LogP contribution < -0.4 is 10.6 Å². The van der Waals surface area contributed by atoms with Gasteiger partial charge in [-0.25, -0.2) is 0 Å². The minimum Gasteiger partial charge on any atom is -0.350 e. The lowest BCUT2D eigenvalue weighted by Gasteiger charge is -2.33. The van der Waals surface area contributed by atoms with E-state index >= 15 is 0 Å². The Labute approximate surface area is 118 Å². The maximum atomic E-state index is 11.8. The van der Waals surface area contributed by atoms with E-state index in [0.29, 0.717) is 6.54 Å². The van der Waals surface area contributed by atoms with E-state index in [-0.39, 0.29) is 29.3 Å². The number of carbonyl (C=O) groups is 1. The topological polar surface area (TPSA) is 41.1 Å². The molecule has 0 atom stereocenters. The van der Waals surface area contributed by atoms with Crippen LogP contribution >= 0.6 is 12.4 Å². The molecule has 0 aliphatic heterocycles. The Hall–Kier alpha value is -0.280. The molecule has 1 amide bonds. The molecule has 0 unspecified atom stereocenters. The maximum Gasteiger partial charge on any atom is 0.234 e. The zero-order valence-electron chi connectivity index (χ0n) is 12.4. The zero-order valence-corrected chi connectivity index (χ0v) is 13.2. The van der Waals surface area contributed by atoms with Gasteiger partial charge in [-0.2, -0.15) is 0 Å². The molecular formula is C14H29ClN2O. The van der Waals surface area contributed by atoms with Gasteiger partial charge in [0.2, 0.25) is 5.91 Å². The number of nitrogens with one attached hydrogen (secondary N) is 2. The van der Waals surface area contributed by atoms with E-state index in [1.54, 1.807) is 0 Å². The monoisotopic (exact) mass is 276 g/mol. The van der Waals surface area contributed by atoms with E-state index in [0.717, 1.165) is 18.9 Å². The van der Waals surface area contributed by atoms with Crippen LogP contribution in [0.25, 0.3) is 0 Å². The van der Waals surface area contributed by atoms with Crippen molar-refractivity contribution in [1.82, 2.24) is 10.6 Å². The summed E-state index contributed by atoms with van der Waals surface area (Å²) in [5.41, 5.74) is 0.106. The Morgan fingerprint density at radius 1 is 1.17 bits per heavy atom. The standard InChI is InChI=1S/C14H28N2O.ClH/c1-13(2,3)10-14(4,5)16-12(17)9-15-8-11-6-7-11;/h11,15H,6-10H2,1-5H3,(H,16,17);1H. The highest BCUT2D eigenvalue weighted by molar-refractivity contribution is 5.85. The van der Waals surface area contributed by atoms with Crippen molar-refractivity contribution in [2.24, 2.45) is 11.3 Å². The first-order valence-electron chi connectivity index (χ1n) is 6.70. The SMILES string of the molecule is CC(C)(C)CC(C)(C)NC(=O)CNCC1CC1.Cl. The van der Waals surface area contributed by atoms with Crippen molar-refractivity contribution < 1.29 is 4.79 Å². The fraction of sp³-hybridized carbons (Fsp3) is 0.929. The molecule has 18 heavy (non-hydrogen) atoms. The van der Waals surface area contributed by atoms with Crippen molar-refractivity contribution in [3.05, 3.63) is 0 Å². The molecule has 0 bridgehead atoms. The number of hydrogen-bond acceptors (Lipinski definition) is 2. The smallest absolute Gasteiger partial charge is 0.234 e. The van der Waals surface area contributed by atoms with E-state index in [2.05, 4.69) is 45.3 Å². The molecule has 1 saturated carbocycles. The van der Waals surface area contributed by atoms with Crippen molar-refractivity contribution in [3.8, 4) is 0 Å². The van der Waals surface area contributed by atoms with Gasteiger partial charge in [-0.15, -0.1) is 12.4 Å². The highest BCUT2D eigenvalue weighted by Gasteiger charge is 2.27. The number of rotatable bonds is 6. The third-order valence-corrected chi connectivity index (χ3v) is 2.87. The summed E-state index contributed by atoms with van der Waals surface area (Å²) in [6.07, 6.45) is 3.63. The molecule has 0 radical (unpaired) electrons. The van der Waals surface area contributed by atoms with Crippen molar-refractivity contribution in [1.29, 1.82) is 0 Å². The summed E-state index contributed by atoms with van der Waals surface area (Å²) in [6.45, 7) is 12.2. The summed E-state index contributed by atoms with van der Waals surface area (Å²) < 4.78 is 0. The van der Waals surface area contributed by atoms with Crippen molar-refractivity contribution in [2.45, 2.75) is 59.4 Å². The number of carbonyl (C=O) groups excluding carboxylic acids is 1. The quantitative estimate of drug-likeness (QED) is 0.783. The number of hydrogen-bond donors (Lipinski definition) is 2. The van der Waals surface area contributed by atoms with Gasteiger partial charge in [0.25, 0.3) is 0 Å². The Morgan fingerprint density at radius 3 is 2.17 bits per heavy atom. The second-order valence-corrected chi connectivity index (χ2v) is 7.24. The Kier molecular flexibility index (Phi) is 6.66. The summed E-state index contributed by atoms with van der Waals surface area (Å²) >= 11 is 0. The predicted octanol–water partition coefficient (Wildman–Crippen LogP) is 2.74. The van der Waals surface area contributed by atoms with Gasteiger partial charge in [0, 0.05) is 5.54 Å². The first-order valence-corrected chi connectivity index (χ1v) is 6.70. The van der Waals surface area contributed by atoms with Crippen LogP contribution in [0.5, 0.6) is 0 Å². The van der Waals surface area contributed by atoms with Crippen LogP contribution in [0.1, 0.15) is 53.9 Å². The molecule has 0 aromatic rings. The first-order chi connectivity index (χ1) is 7.68. The second kappa shape index (κ2) is 6.76. The van der Waals surface area contributed by atoms with Gasteiger partial charge < -0.3 is 10.6 Å². The van der Waals surface area contributed by atoms with Crippen LogP contribution in [0, 0.1) is 11.3 Å². The lowest BCUT2D eigenvalue weighted by atomic mass is 9.82. The van der Waals surface area contributed by atoms with Crippen molar-refractivity contribution >= 4 is 18.3 Å². The highest BCUT2D eigenvalue weighted by atomic mass is 35.5. The Balaban J connectivity index is 0.00000289. The summed E-state index contributed by atoms with van der Waals surface area (Å²) in [5.74, 6) is 0.935. The summed E-state index contributed by atoms with van der Waals surface area (Å²) in [5, 5.41) is 6.33. The van der Waals surface area contributed by atoms with Gasteiger partial charge in [0.1, 0.15) is 0 Å². The van der Waals surface area contributed by atoms with Gasteiger partial charge in [0.15, 0.2) is 0 Å². The van der Waals surface area contributed by atoms with Gasteiger partial charge in [-0.05, 0) is 51.0 Å². The lowest BCUT2D eigenvalue weighted by molar-refractivity contribution is -0.122. The number of halogens is 1. The molecule has 1 aliphatic rings. The molecule has 1 rings (SSSR count). The summed E-state index contributed by atoms with van der Waals surface area (Å²) in [6, 6.07) is 0. The van der Waals surface area contributed by atoms with Crippen LogP contribution in [0.2, 0.25) is 0 Å². The van der Waals surface area contributed by atoms with E-state index in [1.165, 1.54) is 12.8 Å². The number of amides is 1. The van der Waals surface area contributed by atoms with E-state index < -0.39 is 0 Å². The molecule has 0 aromatic heterocycles. The average Bonchev–Trinajstić information content (AvgIpc) is 2.81. The molecule has 0 heterocycles. The molecule has 1 fully saturated rings. The zero-order chi connectivity index (χ0) is 13.1. The summed E-state index contributed by atoms with van der Waals surface area (Å²) in [7, 11) is 0. The fourth-order valence-electron chi connectivity index (χ4n) is 2.50. The molecule has 2 N–H and O–H groups in total. The minimum atomic E-state index is -0.128. The third-order valence-electron chi connectivity index (χ3n) is 2.87. The van der Waals surface area contributed by atoms with E-state index in [9.17, 15) is 4.79 Å². The highest BCUT2D eigenvalue weighted by Crippen LogP contribution is 2.28. The fourth-order valence-corrected chi connectivity index (χ4v) is 2.50. The van der Waals surface area contributed by atoms with Crippen molar-refractivity contribution in [3.63, 3.8) is 0 Å². The lowest BCUT2D eigenvalue weighted by Crippen LogP contribution is -2.48. The Morgan fingerprint density at radius 2 is 1.72 bits per heavy atom. The minimum absolute atomic E-state index is 0. The molecule has 0 saturated heterocycles. The second-order valence-electron chi connectivity index (χ2n) is 7.24. The van der Waals surface area contributed by atoms with E-state index in [4.69, 9.17) is 0 Å². The molecule has 0 aromatic carbocycles. The van der Waals surface area contributed by atoms with Crippen LogP contribution in [0.3, 0.4) is 0 Å². The third kappa shape index (κ3) is 8.76. The van der Waals surface area contributed by atoms with Gasteiger partial charge in [-0.1, -0.05) is 20.8 Å². The predicted molar refractivity (Wildman–Crippen MR) is 79.1 cm³/mol. The molecule has 0 spiro atoms. The molecule has 108 valence electrons. The summed E-state index contributed by atoms with van der Waals surface area (Å²) in [4.78, 5) is 11.8. The molecular weight excluding hydrogens is 248 g/mol. The molecule has 3 nitrogen and oxygen atoms in total. The average molecular weight is 277 g/mol. The van der Waals surface area contributed by atoms with Crippen LogP contribution in [0.15, 0.2) is 0 Å². The van der Waals surface area contributed by atoms with Crippen LogP contribution in [0.4, 0.5) is 0 Å². The van der Waals surface area contributed by atoms with Crippen LogP contribution in [-0.4, -0.2) is 24.5 Å². The van der Waals surface area contributed by atoms with Gasteiger partial charge in [0.05, 0.1) is 6.54 Å². The molecule has 1 aliphatic carbocycles. The van der Waals surface area contributed by atoms with Gasteiger partial charge in [-0.3, -0.25) is 4.79 Å². The molecule has 4 heteroatoms. The van der Waals surface area contributed by atoms with Gasteiger partial charge >= 0.3 is 0 Å². The van der Waals surface area contributed by atoms with Crippen molar-refractivity contribution in [2.75, 3.05) is 13.1 Å².